The Morgan fingerprint density at radius 1 is 1.50 bits per heavy atom. The Balaban J connectivity index is 3.30. The van der Waals surface area contributed by atoms with Gasteiger partial charge in [0.15, 0.2) is 0 Å². The lowest BCUT2D eigenvalue weighted by Crippen LogP contribution is -2.28. The fourth-order valence-corrected chi connectivity index (χ4v) is 1.21. The summed E-state index contributed by atoms with van der Waals surface area (Å²) < 4.78 is 15.5. The summed E-state index contributed by atoms with van der Waals surface area (Å²) in [7, 11) is -0.818. The van der Waals surface area contributed by atoms with Crippen LogP contribution in [0.15, 0.2) is 0 Å². The van der Waals surface area contributed by atoms with E-state index in [4.69, 9.17) is 0 Å². The molecular formula is C7H15NO3S. The Hall–Kier alpha value is -0.580. The van der Waals surface area contributed by atoms with E-state index < -0.39 is 16.9 Å². The molecule has 0 aromatic rings. The van der Waals surface area contributed by atoms with Gasteiger partial charge in [-0.1, -0.05) is 6.92 Å². The lowest BCUT2D eigenvalue weighted by Gasteiger charge is -2.03. The van der Waals surface area contributed by atoms with Gasteiger partial charge in [0.05, 0.1) is 6.61 Å². The first-order valence-electron chi connectivity index (χ1n) is 3.96. The monoisotopic (exact) mass is 193 g/mol. The van der Waals surface area contributed by atoms with E-state index in [1.165, 1.54) is 0 Å². The summed E-state index contributed by atoms with van der Waals surface area (Å²) in [6.07, 6.45) is -0.439. The van der Waals surface area contributed by atoms with Crippen LogP contribution in [0.3, 0.4) is 0 Å². The quantitative estimate of drug-likeness (QED) is 0.691. The Bertz CT molecular complexity index is 161. The molecule has 0 aromatic heterocycles. The number of carbonyl (C=O) groups excluding carboxylic acids is 1. The summed E-state index contributed by atoms with van der Waals surface area (Å²) in [6, 6.07) is 0. The van der Waals surface area contributed by atoms with Crippen molar-refractivity contribution in [2.24, 2.45) is 0 Å². The van der Waals surface area contributed by atoms with Crippen molar-refractivity contribution in [3.05, 3.63) is 0 Å². The molecule has 0 aliphatic rings. The van der Waals surface area contributed by atoms with Crippen LogP contribution in [0.25, 0.3) is 0 Å². The third kappa shape index (κ3) is 6.15. The maximum Gasteiger partial charge on any atom is 0.407 e. The van der Waals surface area contributed by atoms with Gasteiger partial charge in [0, 0.05) is 28.9 Å². The van der Waals surface area contributed by atoms with Crippen molar-refractivity contribution in [1.29, 1.82) is 0 Å². The molecule has 0 fully saturated rings. The lowest BCUT2D eigenvalue weighted by molar-refractivity contribution is 0.153. The maximum atomic E-state index is 10.9. The molecule has 0 radical (unpaired) electrons. The summed E-state index contributed by atoms with van der Waals surface area (Å²) in [5.74, 6) is 1.12. The van der Waals surface area contributed by atoms with Crippen molar-refractivity contribution in [2.45, 2.75) is 13.8 Å². The van der Waals surface area contributed by atoms with Crippen molar-refractivity contribution in [3.63, 3.8) is 0 Å². The highest BCUT2D eigenvalue weighted by molar-refractivity contribution is 7.84. The highest BCUT2D eigenvalue weighted by atomic mass is 32.2. The fourth-order valence-electron chi connectivity index (χ4n) is 0.593. The first-order valence-corrected chi connectivity index (χ1v) is 5.45. The Morgan fingerprint density at radius 2 is 2.17 bits per heavy atom. The molecule has 0 bridgehead atoms. The van der Waals surface area contributed by atoms with Crippen LogP contribution in [0.5, 0.6) is 0 Å². The standard InChI is InChI=1S/C7H15NO3S/c1-3-11-7(9)8-5-6-12(10)4-2/h3-6H2,1-2H3,(H,8,9). The summed E-state index contributed by atoms with van der Waals surface area (Å²) in [5, 5.41) is 2.49. The molecule has 0 aromatic carbocycles. The van der Waals surface area contributed by atoms with E-state index in [0.717, 1.165) is 0 Å². The first kappa shape index (κ1) is 11.4. The zero-order valence-corrected chi connectivity index (χ0v) is 8.28. The Labute approximate surface area is 75.1 Å². The minimum absolute atomic E-state index is 0.364. The van der Waals surface area contributed by atoms with E-state index in [1.54, 1.807) is 6.92 Å². The van der Waals surface area contributed by atoms with Gasteiger partial charge in [-0.05, 0) is 6.92 Å². The van der Waals surface area contributed by atoms with Gasteiger partial charge in [-0.2, -0.15) is 0 Å². The van der Waals surface area contributed by atoms with Crippen LogP contribution in [0.2, 0.25) is 0 Å². The third-order valence-corrected chi connectivity index (χ3v) is 2.50. The van der Waals surface area contributed by atoms with Gasteiger partial charge in [-0.3, -0.25) is 4.21 Å². The second-order valence-corrected chi connectivity index (χ2v) is 3.95. The van der Waals surface area contributed by atoms with E-state index in [2.05, 4.69) is 10.1 Å². The number of hydrogen-bond acceptors (Lipinski definition) is 3. The zero-order valence-electron chi connectivity index (χ0n) is 7.46. The second kappa shape index (κ2) is 7.09. The van der Waals surface area contributed by atoms with Gasteiger partial charge in [0.1, 0.15) is 0 Å². The van der Waals surface area contributed by atoms with E-state index in [1.807, 2.05) is 6.92 Å². The second-order valence-electron chi connectivity index (χ2n) is 2.08. The third-order valence-electron chi connectivity index (χ3n) is 1.20. The molecule has 1 amide bonds. The summed E-state index contributed by atoms with van der Waals surface area (Å²) >= 11 is 0. The number of alkyl carbamates (subject to hydrolysis) is 1. The van der Waals surface area contributed by atoms with Crippen LogP contribution in [0.4, 0.5) is 4.79 Å². The molecule has 1 N–H and O–H groups in total. The summed E-state index contributed by atoms with van der Waals surface area (Å²) in [5.41, 5.74) is 0. The van der Waals surface area contributed by atoms with E-state index in [-0.39, 0.29) is 0 Å². The molecule has 72 valence electrons. The number of carbonyl (C=O) groups is 1. The number of nitrogens with one attached hydrogen (secondary N) is 1. The van der Waals surface area contributed by atoms with Gasteiger partial charge in [-0.25, -0.2) is 4.79 Å². The number of hydrogen-bond donors (Lipinski definition) is 1. The van der Waals surface area contributed by atoms with Gasteiger partial charge in [0.25, 0.3) is 0 Å². The largest absolute Gasteiger partial charge is 0.450 e. The Morgan fingerprint density at radius 3 is 2.67 bits per heavy atom. The summed E-state index contributed by atoms with van der Waals surface area (Å²) in [4.78, 5) is 10.7. The van der Waals surface area contributed by atoms with E-state index in [9.17, 15) is 9.00 Å². The molecule has 0 aliphatic heterocycles. The van der Waals surface area contributed by atoms with E-state index in [0.29, 0.717) is 24.7 Å². The molecule has 0 saturated heterocycles. The van der Waals surface area contributed by atoms with Gasteiger partial charge >= 0.3 is 6.09 Å². The minimum atomic E-state index is -0.818. The van der Waals surface area contributed by atoms with Crippen molar-refractivity contribution in [1.82, 2.24) is 5.32 Å². The zero-order chi connectivity index (χ0) is 9.40. The molecule has 1 atom stereocenters. The van der Waals surface area contributed by atoms with Crippen molar-refractivity contribution < 1.29 is 13.7 Å². The van der Waals surface area contributed by atoms with Crippen LogP contribution < -0.4 is 5.32 Å². The van der Waals surface area contributed by atoms with Crippen LogP contribution in [0, 0.1) is 0 Å². The molecular weight excluding hydrogens is 178 g/mol. The van der Waals surface area contributed by atoms with Crippen molar-refractivity contribution >= 4 is 16.9 Å². The number of ether oxygens (including phenoxy) is 1. The van der Waals surface area contributed by atoms with Crippen LogP contribution >= 0.6 is 0 Å². The molecule has 5 heteroatoms. The average molecular weight is 193 g/mol. The average Bonchev–Trinajstić information content (AvgIpc) is 2.04. The highest BCUT2D eigenvalue weighted by Crippen LogP contribution is 1.80. The molecule has 4 nitrogen and oxygen atoms in total. The smallest absolute Gasteiger partial charge is 0.407 e. The SMILES string of the molecule is CCOC(=O)NCCS(=O)CC. The fraction of sp³-hybridized carbons (Fsp3) is 0.857. The normalized spacial score (nSPS) is 12.2. The van der Waals surface area contributed by atoms with Crippen molar-refractivity contribution in [2.75, 3.05) is 24.7 Å². The van der Waals surface area contributed by atoms with Gasteiger partial charge in [0.2, 0.25) is 0 Å². The summed E-state index contributed by atoms with van der Waals surface area (Å²) in [6.45, 7) is 4.37. The van der Waals surface area contributed by atoms with Crippen LogP contribution in [-0.4, -0.2) is 35.0 Å². The maximum absolute atomic E-state index is 10.9. The molecule has 0 saturated carbocycles. The number of rotatable bonds is 5. The molecule has 0 heterocycles. The lowest BCUT2D eigenvalue weighted by atomic mass is 10.7. The topological polar surface area (TPSA) is 55.4 Å². The molecule has 0 aliphatic carbocycles. The highest BCUT2D eigenvalue weighted by Gasteiger charge is 2.00. The van der Waals surface area contributed by atoms with Gasteiger partial charge in [-0.15, -0.1) is 0 Å². The van der Waals surface area contributed by atoms with Crippen molar-refractivity contribution in [3.8, 4) is 0 Å². The van der Waals surface area contributed by atoms with Gasteiger partial charge < -0.3 is 10.1 Å². The van der Waals surface area contributed by atoms with E-state index >= 15 is 0 Å². The molecule has 0 spiro atoms. The Kier molecular flexibility index (Phi) is 6.75. The molecule has 1 unspecified atom stereocenters. The first-order chi connectivity index (χ1) is 5.70. The molecule has 0 rings (SSSR count). The molecule has 12 heavy (non-hydrogen) atoms. The predicted octanol–water partition coefficient (Wildman–Crippen LogP) is 0.501. The van der Waals surface area contributed by atoms with Crippen LogP contribution in [0.1, 0.15) is 13.8 Å². The predicted molar refractivity (Wildman–Crippen MR) is 48.6 cm³/mol. The minimum Gasteiger partial charge on any atom is -0.450 e. The number of amides is 1. The van der Waals surface area contributed by atoms with Crippen LogP contribution in [-0.2, 0) is 15.5 Å².